The largest absolute Gasteiger partial charge is 0.345 e. The molecule has 1 N–H and O–H groups in total. The first-order chi connectivity index (χ1) is 9.75. The van der Waals surface area contributed by atoms with Gasteiger partial charge in [-0.25, -0.2) is 17.6 Å². The Labute approximate surface area is 117 Å². The predicted molar refractivity (Wildman–Crippen MR) is 65.4 cm³/mol. The van der Waals surface area contributed by atoms with Crippen molar-refractivity contribution in [1.82, 2.24) is 5.32 Å². The van der Waals surface area contributed by atoms with Crippen molar-refractivity contribution in [3.63, 3.8) is 0 Å². The van der Waals surface area contributed by atoms with E-state index in [1.807, 2.05) is 0 Å². The number of nitrogens with one attached hydrogen (secondary N) is 1. The van der Waals surface area contributed by atoms with Crippen molar-refractivity contribution in [2.75, 3.05) is 11.4 Å². The quantitative estimate of drug-likeness (QED) is 0.668. The zero-order valence-corrected chi connectivity index (χ0v) is 11.2. The summed E-state index contributed by atoms with van der Waals surface area (Å²) in [5.41, 5.74) is -1.17. The predicted octanol–water partition coefficient (Wildman–Crippen LogP) is 1.73. The molecule has 1 aromatic carbocycles. The summed E-state index contributed by atoms with van der Waals surface area (Å²) >= 11 is 0. The first-order valence-corrected chi connectivity index (χ1v) is 6.18. The van der Waals surface area contributed by atoms with Gasteiger partial charge in [-0.1, -0.05) is 13.8 Å². The van der Waals surface area contributed by atoms with Gasteiger partial charge in [0, 0.05) is 6.07 Å². The van der Waals surface area contributed by atoms with Crippen molar-refractivity contribution in [2.45, 2.75) is 19.9 Å². The van der Waals surface area contributed by atoms with Gasteiger partial charge in [0.25, 0.3) is 0 Å². The average molecular weight is 304 g/mol. The lowest BCUT2D eigenvalue weighted by Gasteiger charge is -2.37. The fourth-order valence-electron chi connectivity index (χ4n) is 2.26. The summed E-state index contributed by atoms with van der Waals surface area (Å²) in [6.45, 7) is 2.59. The van der Waals surface area contributed by atoms with Crippen LogP contribution in [0.2, 0.25) is 0 Å². The first-order valence-electron chi connectivity index (χ1n) is 6.18. The van der Waals surface area contributed by atoms with E-state index in [1.54, 1.807) is 13.8 Å². The molecule has 8 heteroatoms. The van der Waals surface area contributed by atoms with Crippen LogP contribution in [0.1, 0.15) is 13.8 Å². The third kappa shape index (κ3) is 2.45. The number of hydrogen-bond donors (Lipinski definition) is 1. The first kappa shape index (κ1) is 15.3. The van der Waals surface area contributed by atoms with E-state index in [9.17, 15) is 27.2 Å². The zero-order chi connectivity index (χ0) is 15.9. The Kier molecular flexibility index (Phi) is 3.89. The molecule has 0 bridgehead atoms. The van der Waals surface area contributed by atoms with Gasteiger partial charge in [-0.2, -0.15) is 0 Å². The smallest absolute Gasteiger partial charge is 0.247 e. The minimum absolute atomic E-state index is 0.0487. The maximum absolute atomic E-state index is 13.9. The molecule has 1 fully saturated rings. The van der Waals surface area contributed by atoms with E-state index < -0.39 is 59.3 Å². The molecule has 2 rings (SSSR count). The average Bonchev–Trinajstić information content (AvgIpc) is 2.40. The SMILES string of the molecule is CC(C)C1C(=O)NCC(=O)N1c1c(F)c(F)cc(F)c1F. The van der Waals surface area contributed by atoms with E-state index in [0.717, 1.165) is 0 Å². The molecule has 0 aromatic heterocycles. The molecule has 1 unspecified atom stereocenters. The fourth-order valence-corrected chi connectivity index (χ4v) is 2.26. The van der Waals surface area contributed by atoms with E-state index in [-0.39, 0.29) is 6.07 Å². The van der Waals surface area contributed by atoms with Crippen molar-refractivity contribution in [3.05, 3.63) is 29.3 Å². The lowest BCUT2D eigenvalue weighted by atomic mass is 9.98. The molecule has 114 valence electrons. The standard InChI is InChI=1S/C13H12F4N2O2/c1-5(2)11-13(21)18-4-8(20)19(11)12-9(16)6(14)3-7(15)10(12)17/h3,5,11H,4H2,1-2H3,(H,18,21). The summed E-state index contributed by atoms with van der Waals surface area (Å²) in [6, 6.07) is -1.20. The number of carbonyl (C=O) groups is 2. The van der Waals surface area contributed by atoms with E-state index in [0.29, 0.717) is 4.90 Å². The second-order valence-corrected chi connectivity index (χ2v) is 4.99. The molecule has 1 aliphatic rings. The summed E-state index contributed by atoms with van der Waals surface area (Å²) < 4.78 is 54.3. The van der Waals surface area contributed by atoms with Gasteiger partial charge in [0.1, 0.15) is 11.7 Å². The third-order valence-electron chi connectivity index (χ3n) is 3.19. The molecule has 4 nitrogen and oxygen atoms in total. The molecule has 0 aliphatic carbocycles. The van der Waals surface area contributed by atoms with Gasteiger partial charge in [-0.05, 0) is 5.92 Å². The van der Waals surface area contributed by atoms with Crippen LogP contribution in [0.5, 0.6) is 0 Å². The van der Waals surface area contributed by atoms with Crippen molar-refractivity contribution >= 4 is 17.5 Å². The Morgan fingerprint density at radius 2 is 1.67 bits per heavy atom. The summed E-state index contributed by atoms with van der Waals surface area (Å²) in [4.78, 5) is 24.2. The van der Waals surface area contributed by atoms with Crippen LogP contribution in [-0.2, 0) is 9.59 Å². The highest BCUT2D eigenvalue weighted by atomic mass is 19.2. The van der Waals surface area contributed by atoms with Crippen LogP contribution in [0.25, 0.3) is 0 Å². The van der Waals surface area contributed by atoms with Crippen LogP contribution < -0.4 is 10.2 Å². The summed E-state index contributed by atoms with van der Waals surface area (Å²) in [5, 5.41) is 2.27. The fraction of sp³-hybridized carbons (Fsp3) is 0.385. The number of carbonyl (C=O) groups excluding carboxylic acids is 2. The molecule has 1 atom stereocenters. The second-order valence-electron chi connectivity index (χ2n) is 4.99. The number of nitrogens with zero attached hydrogens (tertiary/aromatic N) is 1. The minimum Gasteiger partial charge on any atom is -0.345 e. The van der Waals surface area contributed by atoms with Crippen LogP contribution in [0.4, 0.5) is 23.2 Å². The Hall–Kier alpha value is -2.12. The summed E-state index contributed by atoms with van der Waals surface area (Å²) in [5.74, 6) is -8.69. The van der Waals surface area contributed by atoms with E-state index in [1.165, 1.54) is 0 Å². The van der Waals surface area contributed by atoms with Crippen molar-refractivity contribution < 1.29 is 27.2 Å². The number of anilines is 1. The Morgan fingerprint density at radius 1 is 1.14 bits per heavy atom. The van der Waals surface area contributed by atoms with Gasteiger partial charge in [-0.3, -0.25) is 14.5 Å². The molecule has 0 radical (unpaired) electrons. The Balaban J connectivity index is 2.67. The lowest BCUT2D eigenvalue weighted by Crippen LogP contribution is -2.61. The Bertz CT molecular complexity index is 592. The number of rotatable bonds is 2. The normalized spacial score (nSPS) is 19.2. The van der Waals surface area contributed by atoms with Gasteiger partial charge < -0.3 is 5.32 Å². The summed E-state index contributed by atoms with van der Waals surface area (Å²) in [6.07, 6.45) is 0. The highest BCUT2D eigenvalue weighted by molar-refractivity contribution is 6.06. The van der Waals surface area contributed by atoms with Crippen molar-refractivity contribution in [2.24, 2.45) is 5.92 Å². The van der Waals surface area contributed by atoms with Gasteiger partial charge in [0.15, 0.2) is 23.3 Å². The van der Waals surface area contributed by atoms with Gasteiger partial charge in [-0.15, -0.1) is 0 Å². The minimum atomic E-state index is -1.71. The number of benzene rings is 1. The highest BCUT2D eigenvalue weighted by Gasteiger charge is 2.41. The zero-order valence-electron chi connectivity index (χ0n) is 11.2. The van der Waals surface area contributed by atoms with Crippen molar-refractivity contribution in [1.29, 1.82) is 0 Å². The molecule has 21 heavy (non-hydrogen) atoms. The number of amides is 2. The monoisotopic (exact) mass is 304 g/mol. The Morgan fingerprint density at radius 3 is 2.14 bits per heavy atom. The molecular formula is C13H12F4N2O2. The topological polar surface area (TPSA) is 49.4 Å². The van der Waals surface area contributed by atoms with Crippen molar-refractivity contribution in [3.8, 4) is 0 Å². The molecular weight excluding hydrogens is 292 g/mol. The molecule has 2 amide bonds. The lowest BCUT2D eigenvalue weighted by molar-refractivity contribution is -0.132. The molecule has 1 aromatic rings. The van der Waals surface area contributed by atoms with Gasteiger partial charge in [0.05, 0.1) is 6.54 Å². The molecule has 0 saturated carbocycles. The van der Waals surface area contributed by atoms with Gasteiger partial charge in [0.2, 0.25) is 11.8 Å². The summed E-state index contributed by atoms with van der Waals surface area (Å²) in [7, 11) is 0. The molecule has 1 aliphatic heterocycles. The molecule has 1 saturated heterocycles. The van der Waals surface area contributed by atoms with Crippen LogP contribution in [0, 0.1) is 29.2 Å². The van der Waals surface area contributed by atoms with Crippen LogP contribution in [0.3, 0.4) is 0 Å². The third-order valence-corrected chi connectivity index (χ3v) is 3.19. The number of hydrogen-bond acceptors (Lipinski definition) is 2. The van der Waals surface area contributed by atoms with Gasteiger partial charge >= 0.3 is 0 Å². The van der Waals surface area contributed by atoms with Crippen LogP contribution in [0.15, 0.2) is 6.07 Å². The molecule has 0 spiro atoms. The maximum atomic E-state index is 13.9. The van der Waals surface area contributed by atoms with E-state index in [4.69, 9.17) is 0 Å². The second kappa shape index (κ2) is 5.34. The maximum Gasteiger partial charge on any atom is 0.247 e. The van der Waals surface area contributed by atoms with Crippen LogP contribution >= 0.6 is 0 Å². The van der Waals surface area contributed by atoms with E-state index in [2.05, 4.69) is 5.32 Å². The van der Waals surface area contributed by atoms with Crippen LogP contribution in [-0.4, -0.2) is 24.4 Å². The van der Waals surface area contributed by atoms with E-state index >= 15 is 0 Å². The highest BCUT2D eigenvalue weighted by Crippen LogP contribution is 2.32. The number of halogens is 4. The number of piperazine rings is 1. The molecule has 1 heterocycles.